The molecule has 1 amide bonds. The Morgan fingerprint density at radius 2 is 2.19 bits per heavy atom. The van der Waals surface area contributed by atoms with Crippen LogP contribution in [0.15, 0.2) is 36.8 Å². The van der Waals surface area contributed by atoms with Crippen molar-refractivity contribution in [2.45, 2.75) is 19.3 Å². The van der Waals surface area contributed by atoms with Crippen LogP contribution in [0.25, 0.3) is 17.2 Å². The number of anilines is 1. The van der Waals surface area contributed by atoms with Gasteiger partial charge in [-0.3, -0.25) is 9.20 Å². The first-order valence-electron chi connectivity index (χ1n) is 9.06. The van der Waals surface area contributed by atoms with Crippen molar-refractivity contribution in [2.24, 2.45) is 17.1 Å². The molecule has 1 saturated carbocycles. The third-order valence-electron chi connectivity index (χ3n) is 5.81. The quantitative estimate of drug-likeness (QED) is 0.751. The second-order valence-corrected chi connectivity index (χ2v) is 7.94. The molecule has 0 bridgehead atoms. The van der Waals surface area contributed by atoms with Crippen molar-refractivity contribution in [3.05, 3.63) is 41.8 Å². The molecule has 2 N–H and O–H groups in total. The molecule has 1 saturated heterocycles. The molecule has 2 fully saturated rings. The first-order chi connectivity index (χ1) is 13.1. The number of hydrogen-bond donors (Lipinski definition) is 1. The van der Waals surface area contributed by atoms with E-state index in [0.29, 0.717) is 10.8 Å². The van der Waals surface area contributed by atoms with Crippen LogP contribution in [-0.4, -0.2) is 38.3 Å². The molecule has 138 valence electrons. The molecule has 27 heavy (non-hydrogen) atoms. The van der Waals surface area contributed by atoms with E-state index in [2.05, 4.69) is 14.9 Å². The molecule has 1 spiro atoms. The van der Waals surface area contributed by atoms with Gasteiger partial charge < -0.3 is 10.6 Å². The minimum atomic E-state index is -0.178. The minimum absolute atomic E-state index is 0.00234. The molecular formula is C19H19ClN6O. The van der Waals surface area contributed by atoms with Gasteiger partial charge >= 0.3 is 0 Å². The zero-order valence-electron chi connectivity index (χ0n) is 14.7. The van der Waals surface area contributed by atoms with E-state index in [9.17, 15) is 4.79 Å². The summed E-state index contributed by atoms with van der Waals surface area (Å²) in [6.07, 6.45) is 8.32. The number of carbonyl (C=O) groups is 1. The summed E-state index contributed by atoms with van der Waals surface area (Å²) in [5, 5.41) is 0.627. The third kappa shape index (κ3) is 2.73. The van der Waals surface area contributed by atoms with E-state index in [1.165, 1.54) is 0 Å². The minimum Gasteiger partial charge on any atom is -0.369 e. The molecule has 5 rings (SSSR count). The Morgan fingerprint density at radius 3 is 3.00 bits per heavy atom. The first kappa shape index (κ1) is 16.5. The van der Waals surface area contributed by atoms with Gasteiger partial charge in [-0.2, -0.15) is 0 Å². The van der Waals surface area contributed by atoms with Gasteiger partial charge in [-0.25, -0.2) is 15.0 Å². The van der Waals surface area contributed by atoms with Gasteiger partial charge in [-0.15, -0.1) is 0 Å². The summed E-state index contributed by atoms with van der Waals surface area (Å²) in [5.41, 5.74) is 7.16. The Hall–Kier alpha value is -2.67. The van der Waals surface area contributed by atoms with Gasteiger partial charge in [-0.1, -0.05) is 11.6 Å². The van der Waals surface area contributed by atoms with Crippen LogP contribution in [0.5, 0.6) is 0 Å². The highest BCUT2D eigenvalue weighted by Crippen LogP contribution is 2.57. The van der Waals surface area contributed by atoms with Gasteiger partial charge in [0.15, 0.2) is 5.82 Å². The number of carbonyl (C=O) groups excluding carboxylic acids is 1. The zero-order valence-corrected chi connectivity index (χ0v) is 15.4. The molecule has 4 heterocycles. The van der Waals surface area contributed by atoms with E-state index in [1.54, 1.807) is 12.4 Å². The number of primary amides is 1. The van der Waals surface area contributed by atoms with Gasteiger partial charge in [-0.05, 0) is 37.5 Å². The van der Waals surface area contributed by atoms with Crippen molar-refractivity contribution in [1.29, 1.82) is 0 Å². The van der Waals surface area contributed by atoms with Crippen LogP contribution >= 0.6 is 11.6 Å². The SMILES string of the molecule is NC(=O)C1CC12CCCN(c1ccnc(-c3cnc4ccc(Cl)cn34)n1)C2. The van der Waals surface area contributed by atoms with Crippen LogP contribution in [-0.2, 0) is 4.79 Å². The summed E-state index contributed by atoms with van der Waals surface area (Å²) >= 11 is 6.13. The number of amides is 1. The van der Waals surface area contributed by atoms with E-state index in [4.69, 9.17) is 22.3 Å². The van der Waals surface area contributed by atoms with Crippen molar-refractivity contribution in [3.8, 4) is 11.5 Å². The van der Waals surface area contributed by atoms with Gasteiger partial charge in [0.05, 0.1) is 11.2 Å². The number of imidazole rings is 1. The number of nitrogens with zero attached hydrogens (tertiary/aromatic N) is 5. The molecule has 1 aliphatic heterocycles. The smallest absolute Gasteiger partial charge is 0.221 e. The summed E-state index contributed by atoms with van der Waals surface area (Å²) in [5.74, 6) is 1.29. The lowest BCUT2D eigenvalue weighted by atomic mass is 9.92. The Balaban J connectivity index is 1.47. The molecule has 1 aliphatic carbocycles. The van der Waals surface area contributed by atoms with Crippen LogP contribution in [0, 0.1) is 11.3 Å². The molecule has 3 aromatic rings. The second kappa shape index (κ2) is 5.92. The average molecular weight is 383 g/mol. The zero-order chi connectivity index (χ0) is 18.6. The molecule has 0 aromatic carbocycles. The summed E-state index contributed by atoms with van der Waals surface area (Å²) in [4.78, 5) is 27.5. The van der Waals surface area contributed by atoms with E-state index in [0.717, 1.165) is 49.5 Å². The number of halogens is 1. The summed E-state index contributed by atoms with van der Waals surface area (Å²) in [7, 11) is 0. The van der Waals surface area contributed by atoms with E-state index in [-0.39, 0.29) is 17.2 Å². The molecular weight excluding hydrogens is 364 g/mol. The average Bonchev–Trinajstić information content (AvgIpc) is 3.20. The van der Waals surface area contributed by atoms with Crippen molar-refractivity contribution in [1.82, 2.24) is 19.4 Å². The highest BCUT2D eigenvalue weighted by molar-refractivity contribution is 6.30. The van der Waals surface area contributed by atoms with Crippen molar-refractivity contribution in [2.75, 3.05) is 18.0 Å². The Kier molecular flexibility index (Phi) is 3.62. The van der Waals surface area contributed by atoms with Gasteiger partial charge in [0.1, 0.15) is 17.2 Å². The highest BCUT2D eigenvalue weighted by Gasteiger charge is 2.58. The standard InChI is InChI=1S/C19H19ClN6O/c20-12-2-3-15-23-9-14(26(15)10-12)18-22-6-4-16(24-18)25-7-1-5-19(11-25)8-13(19)17(21)27/h2-4,6,9-10,13H,1,5,7-8,11H2,(H2,21,27). The van der Waals surface area contributed by atoms with Crippen LogP contribution in [0.2, 0.25) is 5.02 Å². The fourth-order valence-corrected chi connectivity index (χ4v) is 4.49. The third-order valence-corrected chi connectivity index (χ3v) is 6.03. The van der Waals surface area contributed by atoms with Crippen molar-refractivity contribution in [3.63, 3.8) is 0 Å². The van der Waals surface area contributed by atoms with E-state index < -0.39 is 0 Å². The van der Waals surface area contributed by atoms with Gasteiger partial charge in [0.2, 0.25) is 5.91 Å². The maximum Gasteiger partial charge on any atom is 0.221 e. The predicted molar refractivity (Wildman–Crippen MR) is 102 cm³/mol. The number of rotatable bonds is 3. The molecule has 0 radical (unpaired) electrons. The van der Waals surface area contributed by atoms with Crippen LogP contribution < -0.4 is 10.6 Å². The molecule has 8 heteroatoms. The second-order valence-electron chi connectivity index (χ2n) is 7.50. The molecule has 2 atom stereocenters. The van der Waals surface area contributed by atoms with Crippen molar-refractivity contribution < 1.29 is 4.79 Å². The lowest BCUT2D eigenvalue weighted by Gasteiger charge is -2.34. The van der Waals surface area contributed by atoms with Crippen LogP contribution in [0.3, 0.4) is 0 Å². The number of nitrogens with two attached hydrogens (primary N) is 1. The van der Waals surface area contributed by atoms with E-state index >= 15 is 0 Å². The molecule has 2 aliphatic rings. The molecule has 7 nitrogen and oxygen atoms in total. The van der Waals surface area contributed by atoms with Gasteiger partial charge in [0, 0.05) is 36.8 Å². The number of hydrogen-bond acceptors (Lipinski definition) is 5. The Bertz CT molecular complexity index is 1050. The Labute approximate surface area is 161 Å². The number of fused-ring (bicyclic) bond motifs is 1. The molecule has 3 aromatic heterocycles. The van der Waals surface area contributed by atoms with Crippen molar-refractivity contribution >= 4 is 29.0 Å². The largest absolute Gasteiger partial charge is 0.369 e. The van der Waals surface area contributed by atoms with E-state index in [1.807, 2.05) is 28.8 Å². The number of aromatic nitrogens is 4. The fourth-order valence-electron chi connectivity index (χ4n) is 4.33. The van der Waals surface area contributed by atoms with Crippen LogP contribution in [0.1, 0.15) is 19.3 Å². The normalized spacial score (nSPS) is 24.5. The summed E-state index contributed by atoms with van der Waals surface area (Å²) in [6.45, 7) is 1.73. The molecule has 2 unspecified atom stereocenters. The lowest BCUT2D eigenvalue weighted by Crippen LogP contribution is -2.39. The van der Waals surface area contributed by atoms with Gasteiger partial charge in [0.25, 0.3) is 0 Å². The maximum absolute atomic E-state index is 11.6. The highest BCUT2D eigenvalue weighted by atomic mass is 35.5. The lowest BCUT2D eigenvalue weighted by molar-refractivity contribution is -0.120. The number of piperidine rings is 1. The topological polar surface area (TPSA) is 89.4 Å². The predicted octanol–water partition coefficient (Wildman–Crippen LogP) is 2.54. The Morgan fingerprint density at radius 1 is 1.30 bits per heavy atom. The number of pyridine rings is 1. The monoisotopic (exact) mass is 382 g/mol. The fraction of sp³-hybridized carbons (Fsp3) is 0.368. The summed E-state index contributed by atoms with van der Waals surface area (Å²) < 4.78 is 1.89. The first-order valence-corrected chi connectivity index (χ1v) is 9.44. The summed E-state index contributed by atoms with van der Waals surface area (Å²) in [6, 6.07) is 5.59. The maximum atomic E-state index is 11.6. The van der Waals surface area contributed by atoms with Crippen LogP contribution in [0.4, 0.5) is 5.82 Å².